The van der Waals surface area contributed by atoms with Crippen LogP contribution in [0.3, 0.4) is 0 Å². The van der Waals surface area contributed by atoms with Crippen molar-refractivity contribution in [3.63, 3.8) is 0 Å². The highest BCUT2D eigenvalue weighted by Gasteiger charge is 2.33. The number of anilines is 1. The largest absolute Gasteiger partial charge is 0.508 e. The zero-order valence-electron chi connectivity index (χ0n) is 31.6. The van der Waals surface area contributed by atoms with Crippen LogP contribution in [0.4, 0.5) is 5.69 Å². The van der Waals surface area contributed by atoms with Gasteiger partial charge in [0.1, 0.15) is 16.4 Å². The van der Waals surface area contributed by atoms with E-state index in [-0.39, 0.29) is 15.5 Å². The van der Waals surface area contributed by atoms with Crippen LogP contribution >= 0.6 is 0 Å². The normalized spacial score (nSPS) is 19.5. The van der Waals surface area contributed by atoms with Gasteiger partial charge in [-0.3, -0.25) is 14.8 Å². The van der Waals surface area contributed by atoms with Gasteiger partial charge in [-0.25, -0.2) is 8.42 Å². The molecule has 1 aromatic heterocycles. The van der Waals surface area contributed by atoms with E-state index in [1.165, 1.54) is 62.8 Å². The van der Waals surface area contributed by atoms with Crippen molar-refractivity contribution in [1.82, 2.24) is 19.7 Å². The molecule has 2 aromatic carbocycles. The van der Waals surface area contributed by atoms with E-state index in [9.17, 15) is 13.5 Å². The van der Waals surface area contributed by atoms with E-state index in [0.717, 1.165) is 81.5 Å². The number of ether oxygens (including phenoxy) is 1. The van der Waals surface area contributed by atoms with Gasteiger partial charge in [0.25, 0.3) is 0 Å². The second-order valence-corrected chi connectivity index (χ2v) is 17.9. The van der Waals surface area contributed by atoms with Crippen LogP contribution < -0.4 is 9.64 Å². The minimum absolute atomic E-state index is 0.0281. The van der Waals surface area contributed by atoms with Crippen LogP contribution in [0.25, 0.3) is 10.9 Å². The number of aromatic hydroxyl groups is 1. The smallest absolute Gasteiger partial charge is 0.210 e. The van der Waals surface area contributed by atoms with Gasteiger partial charge in [-0.15, -0.1) is 0 Å². The molecule has 0 unspecified atom stereocenters. The number of pyridine rings is 1. The molecule has 0 radical (unpaired) electrons. The third-order valence-corrected chi connectivity index (χ3v) is 12.4. The molecule has 276 valence electrons. The summed E-state index contributed by atoms with van der Waals surface area (Å²) in [5, 5.41) is 10.5. The summed E-state index contributed by atoms with van der Waals surface area (Å²) in [6.45, 7) is 23.3. The first-order valence-electron chi connectivity index (χ1n) is 18.8. The first-order valence-corrected chi connectivity index (χ1v) is 20.2. The van der Waals surface area contributed by atoms with Gasteiger partial charge in [-0.05, 0) is 106 Å². The van der Waals surface area contributed by atoms with Crippen LogP contribution in [0, 0.1) is 11.3 Å². The van der Waals surface area contributed by atoms with Gasteiger partial charge in [0, 0.05) is 62.9 Å². The number of hydrogen-bond donors (Lipinski definition) is 1. The zero-order valence-corrected chi connectivity index (χ0v) is 32.4. The maximum absolute atomic E-state index is 13.9. The van der Waals surface area contributed by atoms with Gasteiger partial charge in [0.2, 0.25) is 9.84 Å². The van der Waals surface area contributed by atoms with Gasteiger partial charge in [0.15, 0.2) is 0 Å². The topological polar surface area (TPSA) is 89.5 Å². The summed E-state index contributed by atoms with van der Waals surface area (Å²) < 4.78 is 33.4. The van der Waals surface area contributed by atoms with Gasteiger partial charge in [0.05, 0.1) is 23.2 Å². The number of hydrogen-bond acceptors (Lipinski definition) is 9. The highest BCUT2D eigenvalue weighted by Crippen LogP contribution is 2.39. The first-order chi connectivity index (χ1) is 23.8. The van der Waals surface area contributed by atoms with Gasteiger partial charge in [-0.1, -0.05) is 41.5 Å². The summed E-state index contributed by atoms with van der Waals surface area (Å²) in [4.78, 5) is 15.0. The summed E-state index contributed by atoms with van der Waals surface area (Å²) in [6, 6.07) is 12.6. The third kappa shape index (κ3) is 9.49. The molecule has 3 aliphatic heterocycles. The van der Waals surface area contributed by atoms with Crippen LogP contribution in [0.15, 0.2) is 58.5 Å². The molecule has 9 nitrogen and oxygen atoms in total. The van der Waals surface area contributed by atoms with Crippen molar-refractivity contribution in [1.29, 1.82) is 0 Å². The van der Waals surface area contributed by atoms with Crippen molar-refractivity contribution in [2.45, 2.75) is 95.5 Å². The fourth-order valence-corrected chi connectivity index (χ4v) is 9.72. The van der Waals surface area contributed by atoms with E-state index in [1.54, 1.807) is 7.11 Å². The molecule has 0 amide bonds. The summed E-state index contributed by atoms with van der Waals surface area (Å²) in [7, 11) is -2.26. The van der Waals surface area contributed by atoms with Crippen molar-refractivity contribution in [2.75, 3.05) is 70.9 Å². The minimum Gasteiger partial charge on any atom is -0.508 e. The number of phenols is 1. The number of piperazine rings is 1. The van der Waals surface area contributed by atoms with Gasteiger partial charge < -0.3 is 19.6 Å². The summed E-state index contributed by atoms with van der Waals surface area (Å²) >= 11 is 0. The number of likely N-dealkylation sites (tertiary alicyclic amines) is 1. The van der Waals surface area contributed by atoms with E-state index < -0.39 is 9.84 Å². The molecule has 1 N–H and O–H groups in total. The lowest BCUT2D eigenvalue weighted by molar-refractivity contribution is 0.0384. The SMILES string of the molecule is CC(C)CC(C)(C)C.CCN1CCC(N2CCN(C3CCN(c4c(S(=O)(=O)c5ccc(O)cc5)cnc5ccc(OC)cc45)CC3)CC2)CC1. The fraction of sp³-hybridized carbons (Fsp3) is 0.625. The molecule has 3 saturated heterocycles. The second-order valence-electron chi connectivity index (χ2n) is 16.0. The lowest BCUT2D eigenvalue weighted by atomic mass is 9.86. The maximum Gasteiger partial charge on any atom is 0.210 e. The molecule has 0 aliphatic carbocycles. The molecular formula is C40H61N5O4S. The average molecular weight is 708 g/mol. The van der Waals surface area contributed by atoms with Crippen LogP contribution in [-0.2, 0) is 9.84 Å². The van der Waals surface area contributed by atoms with E-state index in [4.69, 9.17) is 4.74 Å². The minimum atomic E-state index is -3.88. The summed E-state index contributed by atoms with van der Waals surface area (Å²) in [5.74, 6) is 1.54. The second kappa shape index (κ2) is 16.6. The lowest BCUT2D eigenvalue weighted by Gasteiger charge is -2.46. The predicted octanol–water partition coefficient (Wildman–Crippen LogP) is 6.93. The molecule has 3 aliphatic rings. The molecule has 3 aromatic rings. The quantitative estimate of drug-likeness (QED) is 0.268. The Labute approximate surface area is 301 Å². The van der Waals surface area contributed by atoms with Crippen LogP contribution in [0.2, 0.25) is 0 Å². The number of sulfone groups is 1. The standard InChI is InChI=1S/C32H43N5O4S.C8H18/c1-3-34-14-10-24(11-15-34)35-18-20-36(21-19-35)25-12-16-37(17-13-25)32-29-22-27(41-2)6-9-30(29)33-23-31(32)42(39,40)28-7-4-26(38)5-8-28;1-7(2)6-8(3,4)5/h4-9,22-25,38H,3,10-21H2,1-2H3;7H,6H2,1-5H3. The Morgan fingerprint density at radius 2 is 1.42 bits per heavy atom. The number of piperidine rings is 2. The number of methoxy groups -OCH3 is 1. The zero-order chi connectivity index (χ0) is 36.1. The number of nitrogens with zero attached hydrogens (tertiary/aromatic N) is 5. The van der Waals surface area contributed by atoms with Crippen molar-refractivity contribution in [3.8, 4) is 11.5 Å². The number of benzene rings is 2. The number of fused-ring (bicyclic) bond motifs is 1. The van der Waals surface area contributed by atoms with E-state index in [2.05, 4.69) is 66.1 Å². The summed E-state index contributed by atoms with van der Waals surface area (Å²) in [6.07, 6.45) is 7.36. The Morgan fingerprint density at radius 3 is 1.90 bits per heavy atom. The molecule has 4 heterocycles. The fourth-order valence-electron chi connectivity index (χ4n) is 8.29. The number of phenolic OH excluding ortho intramolecular Hbond substituents is 1. The Hall–Kier alpha value is -2.92. The number of rotatable bonds is 8. The molecule has 10 heteroatoms. The van der Waals surface area contributed by atoms with E-state index in [1.807, 2.05) is 18.2 Å². The van der Waals surface area contributed by atoms with Crippen molar-refractivity contribution in [2.24, 2.45) is 11.3 Å². The molecular weight excluding hydrogens is 647 g/mol. The Bertz CT molecular complexity index is 1630. The van der Waals surface area contributed by atoms with E-state index >= 15 is 0 Å². The molecule has 50 heavy (non-hydrogen) atoms. The van der Waals surface area contributed by atoms with Crippen LogP contribution in [0.5, 0.6) is 11.5 Å². The summed E-state index contributed by atoms with van der Waals surface area (Å²) in [5.41, 5.74) is 1.95. The Balaban J connectivity index is 0.000000544. The van der Waals surface area contributed by atoms with Gasteiger partial charge in [-0.2, -0.15) is 0 Å². The van der Waals surface area contributed by atoms with Crippen molar-refractivity contribution < 1.29 is 18.3 Å². The highest BCUT2D eigenvalue weighted by molar-refractivity contribution is 7.91. The highest BCUT2D eigenvalue weighted by atomic mass is 32.2. The third-order valence-electron chi connectivity index (χ3n) is 10.6. The monoisotopic (exact) mass is 707 g/mol. The average Bonchev–Trinajstić information content (AvgIpc) is 3.10. The molecule has 0 saturated carbocycles. The molecule has 3 fully saturated rings. The first kappa shape index (κ1) is 38.3. The molecule has 0 spiro atoms. The van der Waals surface area contributed by atoms with Crippen molar-refractivity contribution in [3.05, 3.63) is 48.7 Å². The predicted molar refractivity (Wildman–Crippen MR) is 204 cm³/mol. The molecule has 0 atom stereocenters. The van der Waals surface area contributed by atoms with Gasteiger partial charge >= 0.3 is 0 Å². The Kier molecular flexibility index (Phi) is 12.7. The molecule has 6 rings (SSSR count). The van der Waals surface area contributed by atoms with Crippen LogP contribution in [0.1, 0.15) is 73.6 Å². The van der Waals surface area contributed by atoms with Crippen molar-refractivity contribution >= 4 is 26.4 Å². The Morgan fingerprint density at radius 1 is 0.860 bits per heavy atom. The number of aromatic nitrogens is 1. The molecule has 0 bridgehead atoms. The maximum atomic E-state index is 13.9. The lowest BCUT2D eigenvalue weighted by Crippen LogP contribution is -2.56. The van der Waals surface area contributed by atoms with E-state index in [0.29, 0.717) is 22.9 Å². The van der Waals surface area contributed by atoms with Crippen LogP contribution in [-0.4, -0.2) is 111 Å².